The maximum atomic E-state index is 4.84. The third kappa shape index (κ3) is 0.625. The molecule has 3 heteroatoms. The van der Waals surface area contributed by atoms with E-state index in [2.05, 4.69) is 5.16 Å². The summed E-state index contributed by atoms with van der Waals surface area (Å²) >= 11 is 0. The summed E-state index contributed by atoms with van der Waals surface area (Å²) in [4.78, 5) is 0. The lowest BCUT2D eigenvalue weighted by atomic mass is 10.3. The van der Waals surface area contributed by atoms with E-state index < -0.39 is 0 Å². The zero-order valence-electron chi connectivity index (χ0n) is 6.27. The maximum absolute atomic E-state index is 4.84. The third-order valence-corrected chi connectivity index (χ3v) is 2.03. The van der Waals surface area contributed by atoms with Crippen molar-refractivity contribution in [2.45, 2.75) is 0 Å². The lowest BCUT2D eigenvalue weighted by Gasteiger charge is -2.07. The molecule has 2 aliphatic rings. The largest absolute Gasteiger partial charge is 0.364 e. The SMILES string of the molecule is c1cn2ccc3conc3cc1-2. The first-order valence-corrected chi connectivity index (χ1v) is 3.74. The molecular formula is C9H6N2O. The van der Waals surface area contributed by atoms with Gasteiger partial charge in [0.25, 0.3) is 0 Å². The fraction of sp³-hybridized carbons (Fsp3) is 0. The van der Waals surface area contributed by atoms with Crippen molar-refractivity contribution in [1.29, 1.82) is 0 Å². The van der Waals surface area contributed by atoms with Crippen LogP contribution in [0.25, 0.3) is 16.6 Å². The van der Waals surface area contributed by atoms with Gasteiger partial charge in [-0.3, -0.25) is 0 Å². The van der Waals surface area contributed by atoms with Crippen molar-refractivity contribution in [3.63, 3.8) is 0 Å². The summed E-state index contributed by atoms with van der Waals surface area (Å²) in [7, 11) is 0. The Bertz CT molecular complexity index is 494. The van der Waals surface area contributed by atoms with Gasteiger partial charge in [0.05, 0.1) is 0 Å². The normalized spacial score (nSPS) is 11.3. The van der Waals surface area contributed by atoms with Crippen LogP contribution >= 0.6 is 0 Å². The molecule has 3 nitrogen and oxygen atoms in total. The van der Waals surface area contributed by atoms with Crippen LogP contribution in [0.15, 0.2) is 41.4 Å². The number of aromatic nitrogens is 2. The second-order valence-corrected chi connectivity index (χ2v) is 2.76. The monoisotopic (exact) mass is 158 g/mol. The molecule has 0 saturated heterocycles. The van der Waals surface area contributed by atoms with E-state index in [1.165, 1.54) is 0 Å². The Kier molecular flexibility index (Phi) is 0.913. The van der Waals surface area contributed by atoms with Crippen molar-refractivity contribution in [3.05, 3.63) is 36.9 Å². The highest BCUT2D eigenvalue weighted by Gasteiger charge is 2.02. The number of rotatable bonds is 0. The Morgan fingerprint density at radius 2 is 2.17 bits per heavy atom. The molecule has 0 aromatic carbocycles. The van der Waals surface area contributed by atoms with Gasteiger partial charge in [0, 0.05) is 23.5 Å². The molecule has 0 aliphatic carbocycles. The quantitative estimate of drug-likeness (QED) is 0.501. The second-order valence-electron chi connectivity index (χ2n) is 2.76. The molecule has 0 saturated carbocycles. The van der Waals surface area contributed by atoms with Crippen LogP contribution in [-0.2, 0) is 0 Å². The van der Waals surface area contributed by atoms with E-state index in [9.17, 15) is 0 Å². The number of hydrogen-bond acceptors (Lipinski definition) is 2. The van der Waals surface area contributed by atoms with Gasteiger partial charge < -0.3 is 9.09 Å². The van der Waals surface area contributed by atoms with Crippen molar-refractivity contribution >= 4 is 10.9 Å². The molecular weight excluding hydrogens is 152 g/mol. The summed E-state index contributed by atoms with van der Waals surface area (Å²) < 4.78 is 6.89. The van der Waals surface area contributed by atoms with E-state index in [4.69, 9.17) is 4.52 Å². The molecule has 0 amide bonds. The highest BCUT2D eigenvalue weighted by molar-refractivity contribution is 5.78. The first kappa shape index (κ1) is 5.83. The molecule has 2 aliphatic heterocycles. The lowest BCUT2D eigenvalue weighted by Crippen LogP contribution is -1.95. The third-order valence-electron chi connectivity index (χ3n) is 2.03. The second kappa shape index (κ2) is 1.88. The van der Waals surface area contributed by atoms with E-state index in [0.717, 1.165) is 16.6 Å². The Morgan fingerprint density at radius 1 is 1.25 bits per heavy atom. The van der Waals surface area contributed by atoms with Gasteiger partial charge in [0.1, 0.15) is 11.8 Å². The molecule has 1 aromatic rings. The van der Waals surface area contributed by atoms with Crippen molar-refractivity contribution in [2.24, 2.45) is 0 Å². The van der Waals surface area contributed by atoms with E-state index in [1.807, 2.05) is 35.2 Å². The summed E-state index contributed by atoms with van der Waals surface area (Å²) in [5.74, 6) is 0. The van der Waals surface area contributed by atoms with Crippen LogP contribution in [0.3, 0.4) is 0 Å². The number of nitrogens with zero attached hydrogens (tertiary/aromatic N) is 2. The molecule has 58 valence electrons. The van der Waals surface area contributed by atoms with E-state index in [-0.39, 0.29) is 0 Å². The summed E-state index contributed by atoms with van der Waals surface area (Å²) in [5, 5.41) is 4.90. The summed E-state index contributed by atoms with van der Waals surface area (Å²) in [6.45, 7) is 0. The van der Waals surface area contributed by atoms with Crippen molar-refractivity contribution in [1.82, 2.24) is 9.72 Å². The van der Waals surface area contributed by atoms with Gasteiger partial charge in [-0.25, -0.2) is 0 Å². The topological polar surface area (TPSA) is 31.0 Å². The van der Waals surface area contributed by atoms with Crippen LogP contribution < -0.4 is 0 Å². The smallest absolute Gasteiger partial charge is 0.131 e. The van der Waals surface area contributed by atoms with Gasteiger partial charge in [-0.15, -0.1) is 0 Å². The van der Waals surface area contributed by atoms with Crippen molar-refractivity contribution in [3.8, 4) is 5.69 Å². The Hall–Kier alpha value is -1.77. The van der Waals surface area contributed by atoms with Crippen LogP contribution in [0.2, 0.25) is 0 Å². The van der Waals surface area contributed by atoms with Gasteiger partial charge in [0.15, 0.2) is 0 Å². The summed E-state index contributed by atoms with van der Waals surface area (Å²) in [5.41, 5.74) is 2.05. The standard InChI is InChI=1S/C9H6N2O/c1-3-11-4-2-8(11)5-9-7(1)6-12-10-9/h1-6H. The van der Waals surface area contributed by atoms with Gasteiger partial charge in [0.2, 0.25) is 0 Å². The predicted octanol–water partition coefficient (Wildman–Crippen LogP) is 2.06. The average molecular weight is 158 g/mol. The van der Waals surface area contributed by atoms with Crippen LogP contribution in [0.1, 0.15) is 0 Å². The molecule has 12 heavy (non-hydrogen) atoms. The van der Waals surface area contributed by atoms with E-state index in [0.29, 0.717) is 0 Å². The first-order chi connectivity index (χ1) is 5.93. The highest BCUT2D eigenvalue weighted by atomic mass is 16.5. The highest BCUT2D eigenvalue weighted by Crippen LogP contribution is 2.18. The molecule has 0 bridgehead atoms. The van der Waals surface area contributed by atoms with Gasteiger partial charge in [-0.05, 0) is 18.2 Å². The molecule has 0 fully saturated rings. The summed E-state index contributed by atoms with van der Waals surface area (Å²) in [6.07, 6.45) is 5.65. The molecule has 3 heterocycles. The van der Waals surface area contributed by atoms with Crippen molar-refractivity contribution < 1.29 is 4.52 Å². The van der Waals surface area contributed by atoms with Crippen LogP contribution in [0, 0.1) is 0 Å². The predicted molar refractivity (Wildman–Crippen MR) is 44.5 cm³/mol. The van der Waals surface area contributed by atoms with Crippen LogP contribution in [0.5, 0.6) is 0 Å². The molecule has 0 N–H and O–H groups in total. The first-order valence-electron chi connectivity index (χ1n) is 3.74. The fourth-order valence-corrected chi connectivity index (χ4v) is 1.29. The number of fused-ring (bicyclic) bond motifs is 2. The Labute approximate surface area is 68.5 Å². The fourth-order valence-electron chi connectivity index (χ4n) is 1.29. The zero-order valence-corrected chi connectivity index (χ0v) is 6.27. The zero-order chi connectivity index (χ0) is 7.97. The van der Waals surface area contributed by atoms with Crippen LogP contribution in [0.4, 0.5) is 0 Å². The minimum absolute atomic E-state index is 0.896. The molecule has 0 radical (unpaired) electrons. The molecule has 0 unspecified atom stereocenters. The minimum atomic E-state index is 0.896. The summed E-state index contributed by atoms with van der Waals surface area (Å²) in [6, 6.07) is 6.02. The van der Waals surface area contributed by atoms with Crippen LogP contribution in [-0.4, -0.2) is 9.72 Å². The minimum Gasteiger partial charge on any atom is -0.364 e. The number of hydrogen-bond donors (Lipinski definition) is 0. The molecule has 0 atom stereocenters. The molecule has 1 aromatic heterocycles. The van der Waals surface area contributed by atoms with Gasteiger partial charge in [-0.1, -0.05) is 5.16 Å². The molecule has 0 spiro atoms. The molecule has 3 rings (SSSR count). The maximum Gasteiger partial charge on any atom is 0.131 e. The Balaban J connectivity index is 2.53. The average Bonchev–Trinajstić information content (AvgIpc) is 2.42. The lowest BCUT2D eigenvalue weighted by molar-refractivity contribution is 0.428. The van der Waals surface area contributed by atoms with Gasteiger partial charge >= 0.3 is 0 Å². The Morgan fingerprint density at radius 3 is 3.00 bits per heavy atom. The van der Waals surface area contributed by atoms with E-state index >= 15 is 0 Å². The van der Waals surface area contributed by atoms with Crippen molar-refractivity contribution in [2.75, 3.05) is 0 Å². The van der Waals surface area contributed by atoms with E-state index in [1.54, 1.807) is 6.26 Å². The van der Waals surface area contributed by atoms with Gasteiger partial charge in [-0.2, -0.15) is 0 Å².